The van der Waals surface area contributed by atoms with Gasteiger partial charge < -0.3 is 0 Å². The molecule has 0 amide bonds. The van der Waals surface area contributed by atoms with E-state index in [-0.39, 0.29) is 5.54 Å². The van der Waals surface area contributed by atoms with E-state index in [2.05, 4.69) is 39.2 Å². The summed E-state index contributed by atoms with van der Waals surface area (Å²) in [5.74, 6) is 0. The highest BCUT2D eigenvalue weighted by Crippen LogP contribution is 2.39. The summed E-state index contributed by atoms with van der Waals surface area (Å²) in [6, 6.07) is 6.52. The Balaban J connectivity index is 1.94. The predicted molar refractivity (Wildman–Crippen MR) is 82.1 cm³/mol. The van der Waals surface area contributed by atoms with E-state index in [1.165, 1.54) is 0 Å². The van der Waals surface area contributed by atoms with Crippen molar-refractivity contribution in [1.82, 2.24) is 10.3 Å². The number of thioether (sulfide) groups is 1. The van der Waals surface area contributed by atoms with Crippen LogP contribution in [0.25, 0.3) is 0 Å². The summed E-state index contributed by atoms with van der Waals surface area (Å²) in [7, 11) is 0. The van der Waals surface area contributed by atoms with Gasteiger partial charge in [-0.3, -0.25) is 5.32 Å². The summed E-state index contributed by atoms with van der Waals surface area (Å²) in [6.07, 6.45) is 5.82. The van der Waals surface area contributed by atoms with E-state index < -0.39 is 0 Å². The molecule has 1 aromatic rings. The Morgan fingerprint density at radius 1 is 1.63 bits per heavy atom. The fourth-order valence-electron chi connectivity index (χ4n) is 2.37. The first kappa shape index (κ1) is 14.8. The fraction of sp³-hybridized carbons (Fsp3) is 0.571. The fourth-order valence-corrected chi connectivity index (χ4v) is 3.81. The Kier molecular flexibility index (Phi) is 5.26. The molecule has 1 N–H and O–H groups in total. The van der Waals surface area contributed by atoms with Gasteiger partial charge in [-0.2, -0.15) is 5.26 Å². The Morgan fingerprint density at radius 2 is 2.47 bits per heavy atom. The number of pyridine rings is 1. The zero-order chi connectivity index (χ0) is 13.7. The van der Waals surface area contributed by atoms with Crippen LogP contribution in [0.5, 0.6) is 0 Å². The minimum Gasteiger partial charge on any atom is -0.299 e. The molecule has 1 heterocycles. The molecule has 0 aliphatic heterocycles. The van der Waals surface area contributed by atoms with Crippen LogP contribution in [0.3, 0.4) is 0 Å². The standard InChI is InChI=1S/C14H18BrN3S/c1-2-7-18-14(10-16)6-5-12(8-14)19-13-4-3-11(15)9-17-13/h3-4,9,12,18H,2,5-8H2,1H3. The normalized spacial score (nSPS) is 26.3. The number of rotatable bonds is 5. The van der Waals surface area contributed by atoms with E-state index in [4.69, 9.17) is 0 Å². The molecule has 0 saturated heterocycles. The first-order valence-corrected chi connectivity index (χ1v) is 8.29. The van der Waals surface area contributed by atoms with Crippen LogP contribution in [-0.4, -0.2) is 22.3 Å². The molecular formula is C14H18BrN3S. The van der Waals surface area contributed by atoms with Crippen LogP contribution in [0.15, 0.2) is 27.8 Å². The molecule has 2 rings (SSSR count). The third kappa shape index (κ3) is 3.95. The van der Waals surface area contributed by atoms with Crippen molar-refractivity contribution < 1.29 is 0 Å². The number of nitrogens with zero attached hydrogens (tertiary/aromatic N) is 2. The summed E-state index contributed by atoms with van der Waals surface area (Å²) in [4.78, 5) is 4.39. The average molecular weight is 340 g/mol. The number of nitrogens with one attached hydrogen (secondary N) is 1. The molecule has 1 fully saturated rings. The second-order valence-corrected chi connectivity index (χ2v) is 7.15. The monoisotopic (exact) mass is 339 g/mol. The Hall–Kier alpha value is -0.570. The molecule has 102 valence electrons. The van der Waals surface area contributed by atoms with Crippen molar-refractivity contribution >= 4 is 27.7 Å². The molecule has 2 unspecified atom stereocenters. The molecule has 5 heteroatoms. The summed E-state index contributed by atoms with van der Waals surface area (Å²) >= 11 is 5.18. The molecule has 1 aromatic heterocycles. The van der Waals surface area contributed by atoms with Crippen molar-refractivity contribution in [3.63, 3.8) is 0 Å². The molecule has 1 aliphatic rings. The minimum absolute atomic E-state index is 0.316. The molecule has 0 spiro atoms. The second kappa shape index (κ2) is 6.74. The van der Waals surface area contributed by atoms with Gasteiger partial charge >= 0.3 is 0 Å². The van der Waals surface area contributed by atoms with Crippen LogP contribution in [0, 0.1) is 11.3 Å². The topological polar surface area (TPSA) is 48.7 Å². The maximum Gasteiger partial charge on any atom is 0.107 e. The van der Waals surface area contributed by atoms with Crippen LogP contribution in [-0.2, 0) is 0 Å². The highest BCUT2D eigenvalue weighted by Gasteiger charge is 2.39. The zero-order valence-corrected chi connectivity index (χ0v) is 13.4. The van der Waals surface area contributed by atoms with E-state index in [1.807, 2.05) is 18.3 Å². The van der Waals surface area contributed by atoms with E-state index in [0.29, 0.717) is 5.25 Å². The van der Waals surface area contributed by atoms with Gasteiger partial charge in [0.25, 0.3) is 0 Å². The third-order valence-electron chi connectivity index (χ3n) is 3.38. The molecular weight excluding hydrogens is 322 g/mol. The summed E-state index contributed by atoms with van der Waals surface area (Å²) in [5.41, 5.74) is -0.316. The van der Waals surface area contributed by atoms with Crippen molar-refractivity contribution in [3.8, 4) is 6.07 Å². The van der Waals surface area contributed by atoms with E-state index in [1.54, 1.807) is 11.8 Å². The van der Waals surface area contributed by atoms with Crippen LogP contribution in [0.4, 0.5) is 0 Å². The smallest absolute Gasteiger partial charge is 0.107 e. The lowest BCUT2D eigenvalue weighted by Gasteiger charge is -2.22. The Labute approximate surface area is 127 Å². The maximum atomic E-state index is 9.42. The van der Waals surface area contributed by atoms with Crippen LogP contribution in [0.2, 0.25) is 0 Å². The van der Waals surface area contributed by atoms with Gasteiger partial charge in [-0.15, -0.1) is 11.8 Å². The maximum absolute atomic E-state index is 9.42. The predicted octanol–water partition coefficient (Wildman–Crippen LogP) is 3.75. The number of nitriles is 1. The van der Waals surface area contributed by atoms with Crippen LogP contribution < -0.4 is 5.32 Å². The lowest BCUT2D eigenvalue weighted by Crippen LogP contribution is -2.42. The van der Waals surface area contributed by atoms with Gasteiger partial charge in [0.15, 0.2) is 0 Å². The number of hydrogen-bond acceptors (Lipinski definition) is 4. The van der Waals surface area contributed by atoms with E-state index in [0.717, 1.165) is 41.7 Å². The second-order valence-electron chi connectivity index (χ2n) is 4.92. The molecule has 2 atom stereocenters. The molecule has 0 bridgehead atoms. The van der Waals surface area contributed by atoms with Crippen LogP contribution in [0.1, 0.15) is 32.6 Å². The van der Waals surface area contributed by atoms with Crippen molar-refractivity contribution in [2.75, 3.05) is 6.54 Å². The van der Waals surface area contributed by atoms with Crippen molar-refractivity contribution in [1.29, 1.82) is 5.26 Å². The Bertz CT molecular complexity index is 457. The lowest BCUT2D eigenvalue weighted by atomic mass is 10.00. The first-order chi connectivity index (χ1) is 9.17. The number of aromatic nitrogens is 1. The minimum atomic E-state index is -0.316. The number of halogens is 1. The summed E-state index contributed by atoms with van der Waals surface area (Å²) < 4.78 is 0.999. The molecule has 0 aromatic carbocycles. The largest absolute Gasteiger partial charge is 0.299 e. The average Bonchev–Trinajstić information content (AvgIpc) is 2.83. The highest BCUT2D eigenvalue weighted by molar-refractivity contribution is 9.10. The van der Waals surface area contributed by atoms with Crippen molar-refractivity contribution in [2.24, 2.45) is 0 Å². The van der Waals surface area contributed by atoms with Gasteiger partial charge in [0, 0.05) is 15.9 Å². The van der Waals surface area contributed by atoms with Gasteiger partial charge in [0.1, 0.15) is 5.54 Å². The van der Waals surface area contributed by atoms with Crippen LogP contribution >= 0.6 is 27.7 Å². The SMILES string of the molecule is CCCNC1(C#N)CCC(Sc2ccc(Br)cn2)C1. The molecule has 0 radical (unpaired) electrons. The van der Waals surface area contributed by atoms with Gasteiger partial charge in [-0.25, -0.2) is 4.98 Å². The van der Waals surface area contributed by atoms with Gasteiger partial charge in [0.05, 0.1) is 11.1 Å². The highest BCUT2D eigenvalue weighted by atomic mass is 79.9. The van der Waals surface area contributed by atoms with Gasteiger partial charge in [-0.05, 0) is 60.3 Å². The third-order valence-corrected chi connectivity index (χ3v) is 5.07. The van der Waals surface area contributed by atoms with E-state index in [9.17, 15) is 5.26 Å². The molecule has 19 heavy (non-hydrogen) atoms. The van der Waals surface area contributed by atoms with Crippen molar-refractivity contribution in [2.45, 2.75) is 48.4 Å². The zero-order valence-electron chi connectivity index (χ0n) is 11.0. The van der Waals surface area contributed by atoms with Gasteiger partial charge in [0.2, 0.25) is 0 Å². The molecule has 3 nitrogen and oxygen atoms in total. The Morgan fingerprint density at radius 3 is 3.11 bits per heavy atom. The van der Waals surface area contributed by atoms with E-state index >= 15 is 0 Å². The quantitative estimate of drug-likeness (QED) is 0.887. The summed E-state index contributed by atoms with van der Waals surface area (Å²) in [6.45, 7) is 3.05. The van der Waals surface area contributed by atoms with Crippen molar-refractivity contribution in [3.05, 3.63) is 22.8 Å². The van der Waals surface area contributed by atoms with Gasteiger partial charge in [-0.1, -0.05) is 6.92 Å². The molecule has 1 saturated carbocycles. The number of hydrogen-bond donors (Lipinski definition) is 1. The molecule has 1 aliphatic carbocycles. The summed E-state index contributed by atoms with van der Waals surface area (Å²) in [5, 5.41) is 14.4. The first-order valence-electron chi connectivity index (χ1n) is 6.62. The lowest BCUT2D eigenvalue weighted by molar-refractivity contribution is 0.424.